The molecule has 0 bridgehead atoms. The molecule has 6 rings (SSSR count). The van der Waals surface area contributed by atoms with Gasteiger partial charge in [0.05, 0.1) is 12.0 Å². The lowest BCUT2D eigenvalue weighted by atomic mass is 10.1. The molecule has 0 fully saturated rings. The van der Waals surface area contributed by atoms with E-state index in [0.717, 1.165) is 12.1 Å². The van der Waals surface area contributed by atoms with Crippen LogP contribution in [0.1, 0.15) is 10.4 Å². The summed E-state index contributed by atoms with van der Waals surface area (Å²) >= 11 is 0. The first-order chi connectivity index (χ1) is 18.1. The zero-order valence-electron chi connectivity index (χ0n) is 19.0. The molecule has 0 saturated carbocycles. The van der Waals surface area contributed by atoms with E-state index in [9.17, 15) is 9.18 Å². The van der Waals surface area contributed by atoms with Crippen LogP contribution in [-0.2, 0) is 0 Å². The zero-order chi connectivity index (χ0) is 25.4. The minimum atomic E-state index is -1.00. The summed E-state index contributed by atoms with van der Waals surface area (Å²) in [7, 11) is 0. The predicted octanol–water partition coefficient (Wildman–Crippen LogP) is 4.46. The van der Waals surface area contributed by atoms with Gasteiger partial charge >= 0.3 is 0 Å². The largest absolute Gasteiger partial charge is 0.486 e. The monoisotopic (exact) mass is 501 g/mol. The van der Waals surface area contributed by atoms with Gasteiger partial charge in [0, 0.05) is 17.3 Å². The third-order valence-corrected chi connectivity index (χ3v) is 5.67. The molecule has 1 amide bonds. The number of amides is 1. The lowest BCUT2D eigenvalue weighted by Crippen LogP contribution is -2.17. The van der Waals surface area contributed by atoms with E-state index in [4.69, 9.17) is 9.47 Å². The van der Waals surface area contributed by atoms with E-state index < -0.39 is 23.2 Å². The minimum Gasteiger partial charge on any atom is -0.486 e. The fraction of sp³-hybridized carbons (Fsp3) is 0.0800. The van der Waals surface area contributed by atoms with Crippen molar-refractivity contribution in [1.29, 1.82) is 0 Å². The highest BCUT2D eigenvalue weighted by atomic mass is 19.1. The predicted molar refractivity (Wildman–Crippen MR) is 130 cm³/mol. The van der Waals surface area contributed by atoms with Gasteiger partial charge in [0.1, 0.15) is 48.1 Å². The molecular formula is C25H17F2N7O3. The second kappa shape index (κ2) is 9.15. The van der Waals surface area contributed by atoms with Crippen LogP contribution in [0.3, 0.4) is 0 Å². The maximum absolute atomic E-state index is 15.5. The molecule has 4 heterocycles. The number of aromatic amines is 1. The van der Waals surface area contributed by atoms with Gasteiger partial charge in [-0.1, -0.05) is 0 Å². The summed E-state index contributed by atoms with van der Waals surface area (Å²) in [5, 5.41) is 5.20. The Kier molecular flexibility index (Phi) is 5.52. The highest BCUT2D eigenvalue weighted by Gasteiger charge is 2.21. The van der Waals surface area contributed by atoms with Crippen molar-refractivity contribution in [3.63, 3.8) is 0 Å². The lowest BCUT2D eigenvalue weighted by Gasteiger charge is -2.19. The average Bonchev–Trinajstić information content (AvgIpc) is 3.42. The number of rotatable bonds is 5. The van der Waals surface area contributed by atoms with Gasteiger partial charge in [-0.25, -0.2) is 28.7 Å². The van der Waals surface area contributed by atoms with Gasteiger partial charge in [0.25, 0.3) is 5.91 Å². The van der Waals surface area contributed by atoms with Gasteiger partial charge in [0.15, 0.2) is 23.0 Å². The van der Waals surface area contributed by atoms with Crippen molar-refractivity contribution in [1.82, 2.24) is 24.9 Å². The van der Waals surface area contributed by atoms with Crippen molar-refractivity contribution >= 4 is 34.3 Å². The number of halogens is 2. The number of H-pyrrole nitrogens is 1. The number of fused-ring (bicyclic) bond motifs is 2. The fourth-order valence-corrected chi connectivity index (χ4v) is 3.93. The number of nitrogens with one attached hydrogen (secondary N) is 3. The number of nitrogens with zero attached hydrogens (tertiary/aromatic N) is 4. The van der Waals surface area contributed by atoms with Crippen LogP contribution in [0, 0.1) is 11.6 Å². The van der Waals surface area contributed by atoms with E-state index in [1.807, 2.05) is 0 Å². The number of ether oxygens (including phenoxy) is 2. The van der Waals surface area contributed by atoms with E-state index in [1.165, 1.54) is 31.0 Å². The van der Waals surface area contributed by atoms with Crippen LogP contribution in [0.2, 0.25) is 0 Å². The van der Waals surface area contributed by atoms with E-state index in [0.29, 0.717) is 47.1 Å². The normalized spacial score (nSPS) is 12.4. The Balaban J connectivity index is 1.31. The summed E-state index contributed by atoms with van der Waals surface area (Å²) in [4.78, 5) is 32.5. The highest BCUT2D eigenvalue weighted by Crippen LogP contribution is 2.35. The average molecular weight is 501 g/mol. The number of benzene rings is 2. The number of anilines is 3. The van der Waals surface area contributed by atoms with E-state index in [1.54, 1.807) is 18.2 Å². The van der Waals surface area contributed by atoms with E-state index >= 15 is 4.39 Å². The molecule has 1 aliphatic rings. The van der Waals surface area contributed by atoms with Gasteiger partial charge in [-0.05, 0) is 42.5 Å². The van der Waals surface area contributed by atoms with Crippen LogP contribution in [-0.4, -0.2) is 44.0 Å². The fourth-order valence-electron chi connectivity index (χ4n) is 3.93. The van der Waals surface area contributed by atoms with Crippen molar-refractivity contribution in [2.24, 2.45) is 0 Å². The number of hydrogen-bond acceptors (Lipinski definition) is 8. The van der Waals surface area contributed by atoms with Crippen molar-refractivity contribution < 1.29 is 23.0 Å². The summed E-state index contributed by atoms with van der Waals surface area (Å²) in [5.41, 5.74) is 1.39. The summed E-state index contributed by atoms with van der Waals surface area (Å²) < 4.78 is 41.2. The molecule has 3 N–H and O–H groups in total. The van der Waals surface area contributed by atoms with Crippen molar-refractivity contribution in [2.45, 2.75) is 0 Å². The zero-order valence-corrected chi connectivity index (χ0v) is 19.0. The molecule has 0 atom stereocenters. The number of pyridine rings is 1. The van der Waals surface area contributed by atoms with Crippen molar-refractivity contribution in [3.05, 3.63) is 78.5 Å². The first-order valence-electron chi connectivity index (χ1n) is 11.1. The van der Waals surface area contributed by atoms with E-state index in [2.05, 4.69) is 35.6 Å². The molecule has 0 unspecified atom stereocenters. The molecule has 0 spiro atoms. The topological polar surface area (TPSA) is 127 Å². The Morgan fingerprint density at radius 3 is 2.73 bits per heavy atom. The van der Waals surface area contributed by atoms with Crippen LogP contribution in [0.4, 0.5) is 26.0 Å². The number of aromatic nitrogens is 5. The standard InChI is InChI=1S/C25H17F2N7O3/c26-15-4-5-16(33-25(35)13-3-6-17-18(10-13)37-9-8-36-17)19(27)21(15)34-23-14(2-1-7-28-23)20-22-24(31-11-29-20)32-12-30-22/h1-7,10-12H,8-9H2,(H,28,34)(H,33,35)(H,29,30,31,32). The molecule has 5 aromatic rings. The quantitative estimate of drug-likeness (QED) is 0.322. The molecule has 37 heavy (non-hydrogen) atoms. The number of carbonyl (C=O) groups excluding carboxylic acids is 1. The van der Waals surface area contributed by atoms with E-state index in [-0.39, 0.29) is 17.1 Å². The molecule has 0 aliphatic carbocycles. The number of hydrogen-bond donors (Lipinski definition) is 3. The Morgan fingerprint density at radius 1 is 0.973 bits per heavy atom. The van der Waals surface area contributed by atoms with Crippen LogP contribution in [0.25, 0.3) is 22.4 Å². The summed E-state index contributed by atoms with van der Waals surface area (Å²) in [6.07, 6.45) is 4.28. The summed E-state index contributed by atoms with van der Waals surface area (Å²) in [5.74, 6) is -1.40. The second-order valence-electron chi connectivity index (χ2n) is 7.94. The van der Waals surface area contributed by atoms with Gasteiger partial charge < -0.3 is 25.1 Å². The first kappa shape index (κ1) is 22.3. The second-order valence-corrected chi connectivity index (χ2v) is 7.94. The summed E-state index contributed by atoms with van der Waals surface area (Å²) in [6, 6.07) is 10.2. The molecule has 2 aromatic carbocycles. The van der Waals surface area contributed by atoms with Crippen LogP contribution in [0.5, 0.6) is 11.5 Å². The summed E-state index contributed by atoms with van der Waals surface area (Å²) in [6.45, 7) is 0.771. The third kappa shape index (κ3) is 4.14. The van der Waals surface area contributed by atoms with Crippen LogP contribution >= 0.6 is 0 Å². The minimum absolute atomic E-state index is 0.144. The third-order valence-electron chi connectivity index (χ3n) is 5.67. The molecule has 1 aliphatic heterocycles. The molecule has 10 nitrogen and oxygen atoms in total. The Hall–Kier alpha value is -5.13. The molecular weight excluding hydrogens is 484 g/mol. The molecule has 12 heteroatoms. The Labute approximate surface area is 207 Å². The Bertz CT molecular complexity index is 1660. The maximum Gasteiger partial charge on any atom is 0.255 e. The van der Waals surface area contributed by atoms with Gasteiger partial charge in [0.2, 0.25) is 0 Å². The van der Waals surface area contributed by atoms with Crippen molar-refractivity contribution in [2.75, 3.05) is 23.8 Å². The molecule has 0 radical (unpaired) electrons. The van der Waals surface area contributed by atoms with Crippen LogP contribution < -0.4 is 20.1 Å². The lowest BCUT2D eigenvalue weighted by molar-refractivity contribution is 0.102. The Morgan fingerprint density at radius 2 is 1.84 bits per heavy atom. The molecule has 0 saturated heterocycles. The molecule has 3 aromatic heterocycles. The van der Waals surface area contributed by atoms with Crippen LogP contribution in [0.15, 0.2) is 61.3 Å². The van der Waals surface area contributed by atoms with Crippen molar-refractivity contribution in [3.8, 4) is 22.8 Å². The highest BCUT2D eigenvalue weighted by molar-refractivity contribution is 6.05. The van der Waals surface area contributed by atoms with Gasteiger partial charge in [-0.3, -0.25) is 4.79 Å². The maximum atomic E-state index is 15.5. The number of carbonyl (C=O) groups is 1. The van der Waals surface area contributed by atoms with Gasteiger partial charge in [-0.15, -0.1) is 0 Å². The number of imidazole rings is 1. The molecule has 184 valence electrons. The first-order valence-corrected chi connectivity index (χ1v) is 11.1. The SMILES string of the molecule is O=C(Nc1ccc(F)c(Nc2ncccc2-c2ncnc3nc[nH]c23)c1F)c1ccc2c(c1)OCCO2. The smallest absolute Gasteiger partial charge is 0.255 e. The van der Waals surface area contributed by atoms with Gasteiger partial charge in [-0.2, -0.15) is 0 Å².